The Kier molecular flexibility index (Phi) is 19.5. The first-order valence-electron chi connectivity index (χ1n) is 3.86. The van der Waals surface area contributed by atoms with Gasteiger partial charge < -0.3 is 14.3 Å². The summed E-state index contributed by atoms with van der Waals surface area (Å²) in [4.78, 5) is 16.0. The van der Waals surface area contributed by atoms with Crippen LogP contribution in [-0.4, -0.2) is 20.7 Å². The van der Waals surface area contributed by atoms with Crippen LogP contribution in [0.5, 0.6) is 5.75 Å². The van der Waals surface area contributed by atoms with E-state index in [-0.39, 0.29) is 17.1 Å². The molecule has 0 fully saturated rings. The second-order valence-corrected chi connectivity index (χ2v) is 2.03. The number of benzene rings is 1. The van der Waals surface area contributed by atoms with Gasteiger partial charge in [0.2, 0.25) is 0 Å². The third-order valence-corrected chi connectivity index (χ3v) is 1.32. The Morgan fingerprint density at radius 2 is 1.56 bits per heavy atom. The zero-order valence-electron chi connectivity index (χ0n) is 9.01. The average Bonchev–Trinajstić information content (AvgIpc) is 2.36. The fraction of sp³-hybridized carbons (Fsp3) is 0.0833. The summed E-state index contributed by atoms with van der Waals surface area (Å²) in [5, 5.41) is 0. The number of hydrogen-bond donors (Lipinski definition) is 0. The SMILES string of the molecule is C=O.C=O.[CH2-]C#Cc1ccc(OC)cc1.[Fe]. The van der Waals surface area contributed by atoms with Crippen molar-refractivity contribution < 1.29 is 31.4 Å². The Bertz CT molecular complexity index is 309. The quantitative estimate of drug-likeness (QED) is 0.437. The van der Waals surface area contributed by atoms with Crippen molar-refractivity contribution in [2.75, 3.05) is 7.11 Å². The summed E-state index contributed by atoms with van der Waals surface area (Å²) in [6.07, 6.45) is 0. The molecular weight excluding hydrogens is 248 g/mol. The number of carbonyl (C=O) groups is 2. The van der Waals surface area contributed by atoms with E-state index in [2.05, 4.69) is 18.8 Å². The van der Waals surface area contributed by atoms with Crippen molar-refractivity contribution in [3.8, 4) is 17.6 Å². The van der Waals surface area contributed by atoms with E-state index in [1.165, 1.54) is 0 Å². The van der Waals surface area contributed by atoms with E-state index in [4.69, 9.17) is 14.3 Å². The molecule has 0 amide bonds. The number of ether oxygens (including phenoxy) is 1. The van der Waals surface area contributed by atoms with Gasteiger partial charge in [0.05, 0.1) is 7.11 Å². The van der Waals surface area contributed by atoms with Crippen molar-refractivity contribution in [2.24, 2.45) is 0 Å². The molecule has 16 heavy (non-hydrogen) atoms. The Morgan fingerprint density at radius 1 is 1.12 bits per heavy atom. The summed E-state index contributed by atoms with van der Waals surface area (Å²) in [6, 6.07) is 7.55. The third kappa shape index (κ3) is 8.89. The number of carbonyl (C=O) groups excluding carboxylic acids is 2. The van der Waals surface area contributed by atoms with Crippen LogP contribution in [-0.2, 0) is 26.7 Å². The van der Waals surface area contributed by atoms with Crippen LogP contribution in [0.3, 0.4) is 0 Å². The van der Waals surface area contributed by atoms with Crippen molar-refractivity contribution in [1.29, 1.82) is 0 Å². The Balaban J connectivity index is -0.000000305. The summed E-state index contributed by atoms with van der Waals surface area (Å²) in [5.74, 6) is 6.27. The predicted molar refractivity (Wildman–Crippen MR) is 59.5 cm³/mol. The fourth-order valence-electron chi connectivity index (χ4n) is 0.776. The second kappa shape index (κ2) is 15.8. The maximum absolute atomic E-state index is 8.00. The molecule has 0 aromatic heterocycles. The molecule has 0 spiro atoms. The summed E-state index contributed by atoms with van der Waals surface area (Å²) in [7, 11) is 1.64. The molecule has 0 saturated heterocycles. The molecule has 0 radical (unpaired) electrons. The molecule has 4 heteroatoms. The minimum atomic E-state index is 0. The zero-order chi connectivity index (χ0) is 12.1. The largest absolute Gasteiger partial charge is 0.497 e. The number of methoxy groups -OCH3 is 1. The normalized spacial score (nSPS) is 6.06. The topological polar surface area (TPSA) is 43.4 Å². The van der Waals surface area contributed by atoms with Crippen molar-refractivity contribution in [3.05, 3.63) is 36.8 Å². The minimum absolute atomic E-state index is 0. The van der Waals surface area contributed by atoms with E-state index in [1.807, 2.05) is 37.8 Å². The van der Waals surface area contributed by atoms with E-state index in [9.17, 15) is 0 Å². The number of rotatable bonds is 1. The van der Waals surface area contributed by atoms with Gasteiger partial charge in [0, 0.05) is 17.1 Å². The van der Waals surface area contributed by atoms with E-state index >= 15 is 0 Å². The fourth-order valence-corrected chi connectivity index (χ4v) is 0.776. The molecule has 0 heterocycles. The summed E-state index contributed by atoms with van der Waals surface area (Å²) in [5.41, 5.74) is 0.959. The minimum Gasteiger partial charge on any atom is -0.497 e. The summed E-state index contributed by atoms with van der Waals surface area (Å²) < 4.78 is 4.98. The standard InChI is InChI=1S/C10H9O.2CH2O.Fe/c1-3-4-9-5-7-10(11-2)8-6-9;2*1-2;/h5-8H,1H2,2H3;2*1H2;/q-1;;;. The van der Waals surface area contributed by atoms with Crippen LogP contribution in [0.4, 0.5) is 0 Å². The van der Waals surface area contributed by atoms with Gasteiger partial charge in [-0.3, -0.25) is 11.8 Å². The molecule has 0 unspecified atom stereocenters. The van der Waals surface area contributed by atoms with Gasteiger partial charge in [-0.2, -0.15) is 6.92 Å². The molecule has 1 aromatic rings. The smallest absolute Gasteiger partial charge is 0.118 e. The zero-order valence-corrected chi connectivity index (χ0v) is 10.1. The van der Waals surface area contributed by atoms with Crippen LogP contribution in [0.15, 0.2) is 24.3 Å². The van der Waals surface area contributed by atoms with Crippen LogP contribution in [0.1, 0.15) is 5.56 Å². The molecule has 1 rings (SSSR count). The molecule has 0 saturated carbocycles. The van der Waals surface area contributed by atoms with Crippen LogP contribution in [0.25, 0.3) is 0 Å². The molecule has 0 aliphatic heterocycles. The summed E-state index contributed by atoms with van der Waals surface area (Å²) >= 11 is 0. The molecule has 0 atom stereocenters. The first-order chi connectivity index (χ1) is 7.36. The Labute approximate surface area is 107 Å². The molecule has 1 aromatic carbocycles. The molecule has 0 N–H and O–H groups in total. The molecule has 88 valence electrons. The molecule has 0 bridgehead atoms. The van der Waals surface area contributed by atoms with E-state index in [1.54, 1.807) is 7.11 Å². The van der Waals surface area contributed by atoms with Gasteiger partial charge in [0.15, 0.2) is 0 Å². The average molecular weight is 261 g/mol. The number of hydrogen-bond acceptors (Lipinski definition) is 3. The molecule has 0 aliphatic rings. The van der Waals surface area contributed by atoms with Gasteiger partial charge in [-0.1, -0.05) is 17.7 Å². The van der Waals surface area contributed by atoms with Crippen molar-refractivity contribution in [1.82, 2.24) is 0 Å². The molecule has 3 nitrogen and oxygen atoms in total. The van der Waals surface area contributed by atoms with Crippen LogP contribution >= 0.6 is 0 Å². The third-order valence-electron chi connectivity index (χ3n) is 1.32. The van der Waals surface area contributed by atoms with E-state index < -0.39 is 0 Å². The van der Waals surface area contributed by atoms with Crippen molar-refractivity contribution in [2.45, 2.75) is 0 Å². The molecular formula is C12H13FeO3-. The van der Waals surface area contributed by atoms with Gasteiger partial charge in [0.1, 0.15) is 19.3 Å². The Hall–Kier alpha value is -1.69. The first kappa shape index (κ1) is 19.8. The second-order valence-electron chi connectivity index (χ2n) is 2.03. The molecule has 0 aliphatic carbocycles. The summed E-state index contributed by atoms with van der Waals surface area (Å²) in [6.45, 7) is 7.43. The van der Waals surface area contributed by atoms with Crippen molar-refractivity contribution in [3.63, 3.8) is 0 Å². The van der Waals surface area contributed by atoms with Gasteiger partial charge in [-0.05, 0) is 12.1 Å². The van der Waals surface area contributed by atoms with E-state index in [0.29, 0.717) is 0 Å². The van der Waals surface area contributed by atoms with Crippen molar-refractivity contribution >= 4 is 13.6 Å². The Morgan fingerprint density at radius 3 is 1.88 bits per heavy atom. The first-order valence-corrected chi connectivity index (χ1v) is 3.86. The van der Waals surface area contributed by atoms with Gasteiger partial charge in [-0.15, -0.1) is 0 Å². The van der Waals surface area contributed by atoms with E-state index in [0.717, 1.165) is 11.3 Å². The van der Waals surface area contributed by atoms with Crippen LogP contribution < -0.4 is 4.74 Å². The van der Waals surface area contributed by atoms with Gasteiger partial charge in [0.25, 0.3) is 0 Å². The predicted octanol–water partition coefficient (Wildman–Crippen LogP) is 1.51. The van der Waals surface area contributed by atoms with Crippen LogP contribution in [0.2, 0.25) is 0 Å². The van der Waals surface area contributed by atoms with Gasteiger partial charge in [-0.25, -0.2) is 0 Å². The maximum Gasteiger partial charge on any atom is 0.118 e. The van der Waals surface area contributed by atoms with Gasteiger partial charge >= 0.3 is 0 Å². The monoisotopic (exact) mass is 261 g/mol. The maximum atomic E-state index is 8.00. The van der Waals surface area contributed by atoms with Crippen LogP contribution in [0, 0.1) is 18.8 Å².